The molecule has 1 aliphatic heterocycles. The van der Waals surface area contributed by atoms with Crippen molar-refractivity contribution in [1.29, 1.82) is 0 Å². The van der Waals surface area contributed by atoms with Gasteiger partial charge in [-0.05, 0) is 48.7 Å². The molecule has 0 bridgehead atoms. The van der Waals surface area contributed by atoms with Gasteiger partial charge in [-0.15, -0.1) is 0 Å². The van der Waals surface area contributed by atoms with E-state index in [9.17, 15) is 14.4 Å². The Hall–Kier alpha value is -3.93. The molecular formula is C25H22N2O4. The zero-order chi connectivity index (χ0) is 21.8. The number of rotatable bonds is 5. The van der Waals surface area contributed by atoms with E-state index < -0.39 is 18.0 Å². The van der Waals surface area contributed by atoms with Crippen LogP contribution in [-0.2, 0) is 20.7 Å². The van der Waals surface area contributed by atoms with Crippen molar-refractivity contribution >= 4 is 29.2 Å². The minimum absolute atomic E-state index is 0.0381. The zero-order valence-electron chi connectivity index (χ0n) is 17.1. The highest BCUT2D eigenvalue weighted by Gasteiger charge is 2.22. The number of carbonyl (C=O) groups excluding carboxylic acids is 3. The van der Waals surface area contributed by atoms with E-state index in [1.54, 1.807) is 18.2 Å². The summed E-state index contributed by atoms with van der Waals surface area (Å²) in [6.45, 7) is 1.54. The van der Waals surface area contributed by atoms with Crippen molar-refractivity contribution < 1.29 is 19.1 Å². The smallest absolute Gasteiger partial charge is 0.338 e. The Bertz CT molecular complexity index is 1140. The molecule has 156 valence electrons. The van der Waals surface area contributed by atoms with Gasteiger partial charge in [-0.25, -0.2) is 4.79 Å². The monoisotopic (exact) mass is 414 g/mol. The highest BCUT2D eigenvalue weighted by molar-refractivity contribution is 6.00. The van der Waals surface area contributed by atoms with E-state index in [-0.39, 0.29) is 5.91 Å². The van der Waals surface area contributed by atoms with Gasteiger partial charge in [-0.2, -0.15) is 0 Å². The number of anilines is 2. The molecule has 31 heavy (non-hydrogen) atoms. The van der Waals surface area contributed by atoms with Gasteiger partial charge in [0.15, 0.2) is 6.10 Å². The van der Waals surface area contributed by atoms with Gasteiger partial charge in [0.2, 0.25) is 5.91 Å². The molecule has 4 rings (SSSR count). The van der Waals surface area contributed by atoms with Gasteiger partial charge in [0.25, 0.3) is 5.91 Å². The Labute approximate surface area is 180 Å². The van der Waals surface area contributed by atoms with Crippen LogP contribution in [0, 0.1) is 0 Å². The number of amides is 2. The number of ether oxygens (including phenoxy) is 1. The number of carbonyl (C=O) groups is 3. The molecule has 3 aromatic rings. The number of aryl methyl sites for hydroxylation is 1. The maximum atomic E-state index is 12.7. The molecule has 1 unspecified atom stereocenters. The Balaban J connectivity index is 1.44. The Kier molecular flexibility index (Phi) is 5.80. The van der Waals surface area contributed by atoms with Gasteiger partial charge in [-0.1, -0.05) is 48.5 Å². The van der Waals surface area contributed by atoms with Crippen LogP contribution < -0.4 is 10.6 Å². The van der Waals surface area contributed by atoms with Crippen molar-refractivity contribution in [3.05, 3.63) is 83.9 Å². The van der Waals surface area contributed by atoms with E-state index in [4.69, 9.17) is 4.74 Å². The maximum Gasteiger partial charge on any atom is 0.338 e. The van der Waals surface area contributed by atoms with Gasteiger partial charge in [0, 0.05) is 23.4 Å². The molecule has 0 spiro atoms. The Morgan fingerprint density at radius 3 is 2.52 bits per heavy atom. The molecular weight excluding hydrogens is 392 g/mol. The lowest BCUT2D eigenvalue weighted by atomic mass is 10.0. The van der Waals surface area contributed by atoms with Crippen LogP contribution in [0.4, 0.5) is 11.4 Å². The summed E-state index contributed by atoms with van der Waals surface area (Å²) in [5.74, 6) is -1.04. The van der Waals surface area contributed by atoms with E-state index in [1.807, 2.05) is 54.6 Å². The molecule has 1 atom stereocenters. The molecule has 0 saturated carbocycles. The highest BCUT2D eigenvalue weighted by Crippen LogP contribution is 2.28. The summed E-state index contributed by atoms with van der Waals surface area (Å²) in [6, 6.07) is 22.2. The molecule has 2 amide bonds. The lowest BCUT2D eigenvalue weighted by Gasteiger charge is -2.18. The average molecular weight is 414 g/mol. The first kappa shape index (κ1) is 20.3. The topological polar surface area (TPSA) is 84.5 Å². The molecule has 0 aliphatic carbocycles. The number of para-hydroxylation sites is 1. The second-order valence-electron chi connectivity index (χ2n) is 7.37. The summed E-state index contributed by atoms with van der Waals surface area (Å²) in [4.78, 5) is 36.7. The number of esters is 1. The fourth-order valence-corrected chi connectivity index (χ4v) is 3.49. The van der Waals surface area contributed by atoms with Gasteiger partial charge in [0.05, 0.1) is 5.56 Å². The summed E-state index contributed by atoms with van der Waals surface area (Å²) in [5.41, 5.74) is 4.43. The molecule has 1 aliphatic rings. The number of hydrogen-bond acceptors (Lipinski definition) is 4. The summed E-state index contributed by atoms with van der Waals surface area (Å²) in [7, 11) is 0. The van der Waals surface area contributed by atoms with E-state index in [1.165, 1.54) is 6.92 Å². The van der Waals surface area contributed by atoms with E-state index >= 15 is 0 Å². The van der Waals surface area contributed by atoms with E-state index in [0.717, 1.165) is 16.7 Å². The van der Waals surface area contributed by atoms with Crippen LogP contribution in [0.5, 0.6) is 0 Å². The minimum atomic E-state index is -0.980. The standard InChI is InChI=1S/C25H22N2O4/c1-16(31-25(30)19-11-13-21-18(15-19)12-14-23(28)26-21)24(29)27-22-10-6-5-9-20(22)17-7-3-2-4-8-17/h2-11,13,15-16H,12,14H2,1H3,(H,26,28)(H,27,29). The van der Waals surface area contributed by atoms with Gasteiger partial charge < -0.3 is 15.4 Å². The molecule has 6 nitrogen and oxygen atoms in total. The number of fused-ring (bicyclic) bond motifs is 1. The molecule has 1 heterocycles. The van der Waals surface area contributed by atoms with E-state index in [2.05, 4.69) is 10.6 Å². The SMILES string of the molecule is CC(OC(=O)c1ccc2c(c1)CCC(=O)N2)C(=O)Nc1ccccc1-c1ccccc1. The third-order valence-corrected chi connectivity index (χ3v) is 5.16. The molecule has 3 aromatic carbocycles. The second-order valence-corrected chi connectivity index (χ2v) is 7.37. The first-order valence-electron chi connectivity index (χ1n) is 10.1. The first-order valence-corrected chi connectivity index (χ1v) is 10.1. The summed E-state index contributed by atoms with van der Waals surface area (Å²) in [6.07, 6.45) is -0.0354. The first-order chi connectivity index (χ1) is 15.0. The maximum absolute atomic E-state index is 12.7. The number of nitrogens with one attached hydrogen (secondary N) is 2. The molecule has 0 saturated heterocycles. The normalized spacial score (nSPS) is 13.5. The van der Waals surface area contributed by atoms with Crippen molar-refractivity contribution in [2.75, 3.05) is 10.6 Å². The van der Waals surface area contributed by atoms with Crippen LogP contribution in [0.25, 0.3) is 11.1 Å². The lowest BCUT2D eigenvalue weighted by Crippen LogP contribution is -2.30. The zero-order valence-corrected chi connectivity index (χ0v) is 17.1. The summed E-state index contributed by atoms with van der Waals surface area (Å²) in [5, 5.41) is 5.63. The summed E-state index contributed by atoms with van der Waals surface area (Å²) >= 11 is 0. The Morgan fingerprint density at radius 1 is 0.968 bits per heavy atom. The van der Waals surface area contributed by atoms with Crippen LogP contribution in [0.3, 0.4) is 0 Å². The van der Waals surface area contributed by atoms with Crippen molar-refractivity contribution in [3.63, 3.8) is 0 Å². The van der Waals surface area contributed by atoms with Crippen molar-refractivity contribution in [2.45, 2.75) is 25.9 Å². The molecule has 0 radical (unpaired) electrons. The predicted molar refractivity (Wildman–Crippen MR) is 119 cm³/mol. The minimum Gasteiger partial charge on any atom is -0.449 e. The second kappa shape index (κ2) is 8.83. The molecule has 2 N–H and O–H groups in total. The molecule has 6 heteroatoms. The van der Waals surface area contributed by atoms with Crippen LogP contribution >= 0.6 is 0 Å². The lowest BCUT2D eigenvalue weighted by molar-refractivity contribution is -0.123. The predicted octanol–water partition coefficient (Wildman–Crippen LogP) is 4.42. The van der Waals surface area contributed by atoms with Crippen LogP contribution in [0.2, 0.25) is 0 Å². The van der Waals surface area contributed by atoms with Crippen molar-refractivity contribution in [1.82, 2.24) is 0 Å². The number of hydrogen-bond donors (Lipinski definition) is 2. The van der Waals surface area contributed by atoms with Crippen LogP contribution in [-0.4, -0.2) is 23.9 Å². The fourth-order valence-electron chi connectivity index (χ4n) is 3.49. The fraction of sp³-hybridized carbons (Fsp3) is 0.160. The average Bonchev–Trinajstić information content (AvgIpc) is 2.79. The van der Waals surface area contributed by atoms with E-state index in [0.29, 0.717) is 29.8 Å². The van der Waals surface area contributed by atoms with Crippen LogP contribution in [0.1, 0.15) is 29.3 Å². The highest BCUT2D eigenvalue weighted by atomic mass is 16.5. The quantitative estimate of drug-likeness (QED) is 0.605. The van der Waals surface area contributed by atoms with Crippen molar-refractivity contribution in [3.8, 4) is 11.1 Å². The third-order valence-electron chi connectivity index (χ3n) is 5.16. The summed E-state index contributed by atoms with van der Waals surface area (Å²) < 4.78 is 5.39. The molecule has 0 aromatic heterocycles. The largest absolute Gasteiger partial charge is 0.449 e. The third kappa shape index (κ3) is 4.64. The van der Waals surface area contributed by atoms with Crippen molar-refractivity contribution in [2.24, 2.45) is 0 Å². The van der Waals surface area contributed by atoms with Gasteiger partial charge in [0.1, 0.15) is 0 Å². The van der Waals surface area contributed by atoms with Gasteiger partial charge >= 0.3 is 5.97 Å². The van der Waals surface area contributed by atoms with Crippen LogP contribution in [0.15, 0.2) is 72.8 Å². The Morgan fingerprint density at radius 2 is 1.71 bits per heavy atom. The molecule has 0 fully saturated rings. The van der Waals surface area contributed by atoms with Gasteiger partial charge in [-0.3, -0.25) is 9.59 Å². The number of benzene rings is 3.